The van der Waals surface area contributed by atoms with Crippen molar-refractivity contribution in [2.45, 2.75) is 24.9 Å². The first-order chi connectivity index (χ1) is 10.5. The van der Waals surface area contributed by atoms with Crippen molar-refractivity contribution < 1.29 is 26.4 Å². The maximum atomic E-state index is 12.7. The molecule has 1 aromatic rings. The molecule has 1 rings (SSSR count). The number of benzene rings is 1. The number of amides is 1. The molecule has 0 bridgehead atoms. The molecule has 0 spiro atoms. The average molecular weight is 373 g/mol. The Bertz CT molecular complexity index is 674. The van der Waals surface area contributed by atoms with Gasteiger partial charge in [0, 0.05) is 13.1 Å². The summed E-state index contributed by atoms with van der Waals surface area (Å²) in [5.41, 5.74) is -1.14. The number of carbonyl (C=O) groups is 1. The van der Waals surface area contributed by atoms with Crippen LogP contribution in [-0.4, -0.2) is 38.9 Å². The smallest absolute Gasteiger partial charge is 0.342 e. The second-order valence-electron chi connectivity index (χ2n) is 4.53. The summed E-state index contributed by atoms with van der Waals surface area (Å²) in [5, 5.41) is -0.360. The lowest BCUT2D eigenvalue weighted by molar-refractivity contribution is -0.137. The Hall–Kier alpha value is -1.32. The van der Waals surface area contributed by atoms with Crippen LogP contribution in [0.1, 0.15) is 19.4 Å². The van der Waals surface area contributed by atoms with Crippen LogP contribution in [-0.2, 0) is 21.0 Å². The zero-order valence-corrected chi connectivity index (χ0v) is 14.0. The molecule has 1 N–H and O–H groups in total. The van der Waals surface area contributed by atoms with E-state index >= 15 is 0 Å². The molecule has 0 saturated heterocycles. The molecule has 1 amide bonds. The van der Waals surface area contributed by atoms with Gasteiger partial charge in [0.1, 0.15) is 4.90 Å². The van der Waals surface area contributed by atoms with Crippen LogP contribution in [0.2, 0.25) is 5.02 Å². The van der Waals surface area contributed by atoms with E-state index in [-0.39, 0.29) is 5.02 Å². The van der Waals surface area contributed by atoms with Gasteiger partial charge in [0.25, 0.3) is 0 Å². The lowest BCUT2D eigenvalue weighted by Gasteiger charge is -2.19. The van der Waals surface area contributed by atoms with Gasteiger partial charge < -0.3 is 4.90 Å². The number of hydrogen-bond acceptors (Lipinski definition) is 3. The fourth-order valence-corrected chi connectivity index (χ4v) is 3.31. The molecule has 0 aromatic heterocycles. The summed E-state index contributed by atoms with van der Waals surface area (Å²) < 4.78 is 64.2. The Morgan fingerprint density at radius 2 is 1.83 bits per heavy atom. The Morgan fingerprint density at radius 3 is 2.30 bits per heavy atom. The highest BCUT2D eigenvalue weighted by atomic mass is 35.5. The molecule has 1 aromatic carbocycles. The Morgan fingerprint density at radius 1 is 1.26 bits per heavy atom. The van der Waals surface area contributed by atoms with E-state index in [9.17, 15) is 26.4 Å². The number of nitrogens with zero attached hydrogens (tertiary/aromatic N) is 1. The van der Waals surface area contributed by atoms with E-state index in [2.05, 4.69) is 0 Å². The molecule has 130 valence electrons. The number of likely N-dealkylation sites (N-methyl/N-ethyl adjacent to an activating group) is 1. The van der Waals surface area contributed by atoms with Gasteiger partial charge in [-0.15, -0.1) is 0 Å². The van der Waals surface area contributed by atoms with Gasteiger partial charge >= 0.3 is 6.18 Å². The van der Waals surface area contributed by atoms with Crippen LogP contribution in [0.15, 0.2) is 23.1 Å². The summed E-state index contributed by atoms with van der Waals surface area (Å²) in [6, 6.07) is 1.97. The number of rotatable bonds is 6. The lowest BCUT2D eigenvalue weighted by atomic mass is 10.2. The van der Waals surface area contributed by atoms with Crippen molar-refractivity contribution in [3.8, 4) is 0 Å². The van der Waals surface area contributed by atoms with Gasteiger partial charge in [-0.3, -0.25) is 4.79 Å². The number of alkyl halides is 3. The summed E-state index contributed by atoms with van der Waals surface area (Å²) in [7, 11) is -4.35. The van der Waals surface area contributed by atoms with Crippen LogP contribution in [0, 0.1) is 0 Å². The molecule has 0 fully saturated rings. The molecule has 5 nitrogen and oxygen atoms in total. The van der Waals surface area contributed by atoms with E-state index in [1.165, 1.54) is 4.90 Å². The quantitative estimate of drug-likeness (QED) is 0.834. The molecule has 0 heterocycles. The Kier molecular flexibility index (Phi) is 6.43. The van der Waals surface area contributed by atoms with Crippen LogP contribution < -0.4 is 4.72 Å². The maximum Gasteiger partial charge on any atom is 0.416 e. The predicted molar refractivity (Wildman–Crippen MR) is 79.6 cm³/mol. The minimum absolute atomic E-state index is 0.360. The summed E-state index contributed by atoms with van der Waals surface area (Å²) in [6.45, 7) is 3.67. The van der Waals surface area contributed by atoms with Crippen LogP contribution in [0.4, 0.5) is 13.2 Å². The molecule has 0 radical (unpaired) electrons. The van der Waals surface area contributed by atoms with Crippen LogP contribution in [0.25, 0.3) is 0 Å². The second-order valence-corrected chi connectivity index (χ2v) is 6.68. The molecular formula is C13H16ClF3N2O3S. The largest absolute Gasteiger partial charge is 0.416 e. The van der Waals surface area contributed by atoms with Crippen molar-refractivity contribution in [1.82, 2.24) is 9.62 Å². The molecule has 23 heavy (non-hydrogen) atoms. The summed E-state index contributed by atoms with van der Waals surface area (Å²) >= 11 is 5.68. The van der Waals surface area contributed by atoms with Crippen molar-refractivity contribution in [2.24, 2.45) is 0 Å². The van der Waals surface area contributed by atoms with Crippen molar-refractivity contribution in [3.63, 3.8) is 0 Å². The van der Waals surface area contributed by atoms with E-state index < -0.39 is 39.1 Å². The van der Waals surface area contributed by atoms with E-state index in [0.29, 0.717) is 25.2 Å². The fourth-order valence-electron chi connectivity index (χ4n) is 1.81. The van der Waals surface area contributed by atoms with Gasteiger partial charge in [0.05, 0.1) is 17.1 Å². The zero-order chi connectivity index (χ0) is 17.8. The van der Waals surface area contributed by atoms with E-state index in [4.69, 9.17) is 11.6 Å². The summed E-state index contributed by atoms with van der Waals surface area (Å²) in [5.74, 6) is -0.485. The van der Waals surface area contributed by atoms with Gasteiger partial charge in [0.15, 0.2) is 0 Å². The normalized spacial score (nSPS) is 12.3. The number of carbonyl (C=O) groups excluding carboxylic acids is 1. The van der Waals surface area contributed by atoms with Crippen molar-refractivity contribution in [1.29, 1.82) is 0 Å². The van der Waals surface area contributed by atoms with Gasteiger partial charge in [-0.1, -0.05) is 11.6 Å². The number of nitrogens with one attached hydrogen (secondary N) is 1. The lowest BCUT2D eigenvalue weighted by Crippen LogP contribution is -2.40. The first-order valence-electron chi connectivity index (χ1n) is 6.67. The predicted octanol–water partition coefficient (Wildman–Crippen LogP) is 2.51. The maximum absolute atomic E-state index is 12.7. The standard InChI is InChI=1S/C13H16ClF3N2O3S/c1-3-19(4-2)12(20)8-18-23(21,22)11-7-9(13(15,16)17)5-6-10(11)14/h5-7,18H,3-4,8H2,1-2H3. The molecule has 10 heteroatoms. The second kappa shape index (κ2) is 7.50. The first kappa shape index (κ1) is 19.7. The molecule has 0 aliphatic carbocycles. The van der Waals surface area contributed by atoms with E-state index in [0.717, 1.165) is 6.07 Å². The molecule has 0 aliphatic heterocycles. The molecule has 0 aliphatic rings. The highest BCUT2D eigenvalue weighted by Gasteiger charge is 2.32. The molecule has 0 unspecified atom stereocenters. The average Bonchev–Trinajstić information content (AvgIpc) is 2.45. The Balaban J connectivity index is 3.03. The van der Waals surface area contributed by atoms with Crippen molar-refractivity contribution >= 4 is 27.5 Å². The summed E-state index contributed by atoms with van der Waals surface area (Å²) in [4.78, 5) is 12.4. The topological polar surface area (TPSA) is 66.5 Å². The summed E-state index contributed by atoms with van der Waals surface area (Å²) in [6.07, 6.45) is -4.70. The molecule has 0 saturated carbocycles. The van der Waals surface area contributed by atoms with E-state index in [1.54, 1.807) is 13.8 Å². The minimum atomic E-state index is -4.70. The van der Waals surface area contributed by atoms with Crippen LogP contribution >= 0.6 is 11.6 Å². The van der Waals surface area contributed by atoms with Crippen LogP contribution in [0.5, 0.6) is 0 Å². The molecule has 0 atom stereocenters. The van der Waals surface area contributed by atoms with Crippen molar-refractivity contribution in [3.05, 3.63) is 28.8 Å². The third-order valence-corrected chi connectivity index (χ3v) is 4.96. The number of hydrogen-bond donors (Lipinski definition) is 1. The van der Waals surface area contributed by atoms with Gasteiger partial charge in [-0.2, -0.15) is 13.2 Å². The minimum Gasteiger partial charge on any atom is -0.342 e. The molecular weight excluding hydrogens is 357 g/mol. The van der Waals surface area contributed by atoms with Gasteiger partial charge in [-0.05, 0) is 32.0 Å². The number of halogens is 4. The third-order valence-electron chi connectivity index (χ3n) is 3.08. The Labute approximate surface area is 137 Å². The first-order valence-corrected chi connectivity index (χ1v) is 8.53. The van der Waals surface area contributed by atoms with Gasteiger partial charge in [0.2, 0.25) is 15.9 Å². The van der Waals surface area contributed by atoms with Crippen molar-refractivity contribution in [2.75, 3.05) is 19.6 Å². The fraction of sp³-hybridized carbons (Fsp3) is 0.462. The SMILES string of the molecule is CCN(CC)C(=O)CNS(=O)(=O)c1cc(C(F)(F)F)ccc1Cl. The third kappa shape index (κ3) is 5.08. The zero-order valence-electron chi connectivity index (χ0n) is 12.4. The number of sulfonamides is 1. The highest BCUT2D eigenvalue weighted by Crippen LogP contribution is 2.33. The highest BCUT2D eigenvalue weighted by molar-refractivity contribution is 7.89. The van der Waals surface area contributed by atoms with Crippen LogP contribution in [0.3, 0.4) is 0 Å². The monoisotopic (exact) mass is 372 g/mol. The van der Waals surface area contributed by atoms with E-state index in [1.807, 2.05) is 4.72 Å². The van der Waals surface area contributed by atoms with Gasteiger partial charge in [-0.25, -0.2) is 13.1 Å².